The van der Waals surface area contributed by atoms with E-state index in [0.29, 0.717) is 11.8 Å². The van der Waals surface area contributed by atoms with Crippen molar-refractivity contribution in [3.63, 3.8) is 0 Å². The van der Waals surface area contributed by atoms with Crippen LogP contribution in [0.5, 0.6) is 0 Å². The predicted molar refractivity (Wildman–Crippen MR) is 83.3 cm³/mol. The molecule has 0 N–H and O–H groups in total. The Hall–Kier alpha value is -0.795. The first-order valence-electron chi connectivity index (χ1n) is 7.69. The molecule has 108 valence electrons. The molecule has 1 heterocycles. The fourth-order valence-corrected chi connectivity index (χ4v) is 3.23. The van der Waals surface area contributed by atoms with E-state index in [1.165, 1.54) is 11.0 Å². The second-order valence-corrected chi connectivity index (χ2v) is 7.47. The highest BCUT2D eigenvalue weighted by Gasteiger charge is 2.53. The normalized spacial score (nSPS) is 34.5. The topological polar surface area (TPSA) is 18.5 Å². The molecule has 2 unspecified atom stereocenters. The lowest BCUT2D eigenvalue weighted by molar-refractivity contribution is 0.00578. The van der Waals surface area contributed by atoms with Gasteiger partial charge in [-0.3, -0.25) is 0 Å². The molecule has 1 aliphatic heterocycles. The van der Waals surface area contributed by atoms with Gasteiger partial charge in [-0.2, -0.15) is 0 Å². The fraction of sp³-hybridized carbons (Fsp3) is 0.647. The van der Waals surface area contributed by atoms with Crippen LogP contribution in [-0.2, 0) is 9.31 Å². The smallest absolute Gasteiger partial charge is 0.400 e. The van der Waals surface area contributed by atoms with Crippen LogP contribution in [0.1, 0.15) is 48.0 Å². The molecule has 1 fully saturated rings. The van der Waals surface area contributed by atoms with E-state index in [1.54, 1.807) is 5.57 Å². The predicted octanol–water partition coefficient (Wildman–Crippen LogP) is 4.09. The SMILES string of the molecule is CC1C=CC2=C1CC(C)C(B1OC(C)(C)C(C)(C)O1)=C2. The van der Waals surface area contributed by atoms with Crippen molar-refractivity contribution < 1.29 is 9.31 Å². The third-order valence-electron chi connectivity index (χ3n) is 5.43. The van der Waals surface area contributed by atoms with Crippen molar-refractivity contribution in [2.75, 3.05) is 0 Å². The van der Waals surface area contributed by atoms with Crippen LogP contribution in [0.2, 0.25) is 0 Å². The van der Waals surface area contributed by atoms with Gasteiger partial charge in [0.25, 0.3) is 0 Å². The first kappa shape index (κ1) is 14.2. The van der Waals surface area contributed by atoms with E-state index in [4.69, 9.17) is 9.31 Å². The minimum absolute atomic E-state index is 0.201. The van der Waals surface area contributed by atoms with Gasteiger partial charge in [0.2, 0.25) is 0 Å². The molecule has 0 aromatic carbocycles. The number of rotatable bonds is 1. The van der Waals surface area contributed by atoms with Gasteiger partial charge < -0.3 is 9.31 Å². The molecule has 20 heavy (non-hydrogen) atoms. The van der Waals surface area contributed by atoms with Gasteiger partial charge >= 0.3 is 7.12 Å². The minimum Gasteiger partial charge on any atom is -0.400 e. The molecule has 3 aliphatic rings. The van der Waals surface area contributed by atoms with Crippen molar-refractivity contribution in [1.29, 1.82) is 0 Å². The third kappa shape index (κ3) is 2.03. The molecule has 0 aromatic heterocycles. The van der Waals surface area contributed by atoms with E-state index in [-0.39, 0.29) is 18.3 Å². The van der Waals surface area contributed by atoms with Gasteiger partial charge in [-0.15, -0.1) is 0 Å². The molecule has 2 nitrogen and oxygen atoms in total. The average molecular weight is 272 g/mol. The molecule has 3 heteroatoms. The zero-order valence-corrected chi connectivity index (χ0v) is 13.5. The summed E-state index contributed by atoms with van der Waals surface area (Å²) in [6.07, 6.45) is 7.96. The molecular formula is C17H25BO2. The molecule has 0 saturated carbocycles. The van der Waals surface area contributed by atoms with Crippen molar-refractivity contribution in [3.8, 4) is 0 Å². The van der Waals surface area contributed by atoms with Crippen LogP contribution in [0, 0.1) is 11.8 Å². The van der Waals surface area contributed by atoms with Gasteiger partial charge in [0, 0.05) is 0 Å². The van der Waals surface area contributed by atoms with E-state index >= 15 is 0 Å². The highest BCUT2D eigenvalue weighted by atomic mass is 16.7. The lowest BCUT2D eigenvalue weighted by atomic mass is 9.66. The van der Waals surface area contributed by atoms with Gasteiger partial charge in [0.15, 0.2) is 0 Å². The lowest BCUT2D eigenvalue weighted by Gasteiger charge is -2.32. The quantitative estimate of drug-likeness (QED) is 0.669. The van der Waals surface area contributed by atoms with Crippen molar-refractivity contribution in [2.24, 2.45) is 11.8 Å². The van der Waals surface area contributed by atoms with Crippen LogP contribution >= 0.6 is 0 Å². The standard InChI is InChI=1S/C17H25BO2/c1-11-7-8-13-10-15(12(2)9-14(11)13)18-19-16(3,4)17(5,6)20-18/h7-8,10-12H,9H2,1-6H3. The number of allylic oxidation sites excluding steroid dienone is 6. The highest BCUT2D eigenvalue weighted by molar-refractivity contribution is 6.55. The van der Waals surface area contributed by atoms with E-state index < -0.39 is 0 Å². The third-order valence-corrected chi connectivity index (χ3v) is 5.43. The average Bonchev–Trinajstić information content (AvgIpc) is 2.77. The first-order valence-corrected chi connectivity index (χ1v) is 7.69. The maximum absolute atomic E-state index is 6.21. The Kier molecular flexibility index (Phi) is 3.08. The summed E-state index contributed by atoms with van der Waals surface area (Å²) >= 11 is 0. The zero-order valence-electron chi connectivity index (χ0n) is 13.5. The fourth-order valence-electron chi connectivity index (χ4n) is 3.23. The Bertz CT molecular complexity index is 509. The molecule has 2 aliphatic carbocycles. The van der Waals surface area contributed by atoms with E-state index in [1.807, 2.05) is 0 Å². The molecule has 0 spiro atoms. The summed E-state index contributed by atoms with van der Waals surface area (Å²) < 4.78 is 12.4. The minimum atomic E-state index is -0.258. The highest BCUT2D eigenvalue weighted by Crippen LogP contribution is 2.44. The Morgan fingerprint density at radius 1 is 1.10 bits per heavy atom. The Morgan fingerprint density at radius 2 is 1.70 bits per heavy atom. The van der Waals surface area contributed by atoms with E-state index in [9.17, 15) is 0 Å². The largest absolute Gasteiger partial charge is 0.490 e. The maximum Gasteiger partial charge on any atom is 0.490 e. The molecule has 2 atom stereocenters. The summed E-state index contributed by atoms with van der Waals surface area (Å²) in [5.41, 5.74) is 3.72. The van der Waals surface area contributed by atoms with Crippen molar-refractivity contribution in [3.05, 3.63) is 34.8 Å². The van der Waals surface area contributed by atoms with Crippen LogP contribution < -0.4 is 0 Å². The van der Waals surface area contributed by atoms with Crippen molar-refractivity contribution in [1.82, 2.24) is 0 Å². The summed E-state index contributed by atoms with van der Waals surface area (Å²) in [5, 5.41) is 0. The Labute approximate surface area is 123 Å². The summed E-state index contributed by atoms with van der Waals surface area (Å²) in [7, 11) is -0.201. The number of hydrogen-bond donors (Lipinski definition) is 0. The molecule has 1 saturated heterocycles. The van der Waals surface area contributed by atoms with Gasteiger partial charge in [-0.25, -0.2) is 0 Å². The van der Waals surface area contributed by atoms with Crippen molar-refractivity contribution >= 4 is 7.12 Å². The van der Waals surface area contributed by atoms with Gasteiger partial charge in [0.1, 0.15) is 0 Å². The Balaban J connectivity index is 1.90. The summed E-state index contributed by atoms with van der Waals surface area (Å²) in [4.78, 5) is 0. The van der Waals surface area contributed by atoms with Gasteiger partial charge in [-0.1, -0.05) is 37.6 Å². The summed E-state index contributed by atoms with van der Waals surface area (Å²) in [6, 6.07) is 0. The molecule has 3 rings (SSSR count). The van der Waals surface area contributed by atoms with Gasteiger partial charge in [-0.05, 0) is 57.0 Å². The second-order valence-electron chi connectivity index (χ2n) is 7.47. The van der Waals surface area contributed by atoms with Crippen molar-refractivity contribution in [2.45, 2.75) is 59.2 Å². The van der Waals surface area contributed by atoms with E-state index in [2.05, 4.69) is 59.8 Å². The monoisotopic (exact) mass is 272 g/mol. The Morgan fingerprint density at radius 3 is 2.30 bits per heavy atom. The lowest BCUT2D eigenvalue weighted by Crippen LogP contribution is -2.41. The maximum atomic E-state index is 6.21. The van der Waals surface area contributed by atoms with Crippen LogP contribution in [-0.4, -0.2) is 18.3 Å². The molecule has 0 bridgehead atoms. The zero-order chi connectivity index (χ0) is 14.7. The first-order chi connectivity index (χ1) is 9.21. The van der Waals surface area contributed by atoms with Crippen LogP contribution in [0.3, 0.4) is 0 Å². The summed E-state index contributed by atoms with van der Waals surface area (Å²) in [5.74, 6) is 1.08. The number of hydrogen-bond acceptors (Lipinski definition) is 2. The van der Waals surface area contributed by atoms with Crippen LogP contribution in [0.15, 0.2) is 34.8 Å². The molecule has 0 radical (unpaired) electrons. The summed E-state index contributed by atoms with van der Waals surface area (Å²) in [6.45, 7) is 13.0. The molecule has 0 aromatic rings. The molecule has 0 amide bonds. The second kappa shape index (κ2) is 4.35. The van der Waals surface area contributed by atoms with Crippen LogP contribution in [0.25, 0.3) is 0 Å². The molecular weight excluding hydrogens is 247 g/mol. The van der Waals surface area contributed by atoms with E-state index in [0.717, 1.165) is 6.42 Å². The van der Waals surface area contributed by atoms with Gasteiger partial charge in [0.05, 0.1) is 11.2 Å². The van der Waals surface area contributed by atoms with Crippen LogP contribution in [0.4, 0.5) is 0 Å².